The third kappa shape index (κ3) is 3.81. The normalized spacial score (nSPS) is 17.1. The van der Waals surface area contributed by atoms with Crippen molar-refractivity contribution in [3.05, 3.63) is 17.0 Å². The molecule has 1 heterocycles. The van der Waals surface area contributed by atoms with Crippen molar-refractivity contribution in [3.8, 4) is 0 Å². The first kappa shape index (κ1) is 16.8. The number of nitrogens with zero attached hydrogens (tertiary/aromatic N) is 1. The molecule has 1 aliphatic rings. The van der Waals surface area contributed by atoms with Gasteiger partial charge in [-0.05, 0) is 37.8 Å². The van der Waals surface area contributed by atoms with E-state index >= 15 is 0 Å². The van der Waals surface area contributed by atoms with Crippen molar-refractivity contribution < 1.29 is 13.2 Å². The van der Waals surface area contributed by atoms with Gasteiger partial charge in [0, 0.05) is 19.7 Å². The second-order valence-electron chi connectivity index (χ2n) is 5.17. The molecule has 1 atom stereocenters. The van der Waals surface area contributed by atoms with E-state index in [1.165, 1.54) is 0 Å². The van der Waals surface area contributed by atoms with Crippen LogP contribution in [0.5, 0.6) is 0 Å². The zero-order valence-corrected chi connectivity index (χ0v) is 14.6. The number of hydrogen-bond acceptors (Lipinski definition) is 5. The Hall–Kier alpha value is -0.540. The molecule has 0 amide bonds. The maximum atomic E-state index is 12.8. The Balaban J connectivity index is 2.28. The highest BCUT2D eigenvalue weighted by Gasteiger charge is 2.38. The Bertz CT molecular complexity index is 608. The molecule has 0 spiro atoms. The van der Waals surface area contributed by atoms with E-state index < -0.39 is 10.0 Å². The highest BCUT2D eigenvalue weighted by Crippen LogP contribution is 2.37. The molecular weight excluding hydrogens is 328 g/mol. The van der Waals surface area contributed by atoms with Crippen LogP contribution in [0.25, 0.3) is 0 Å². The fourth-order valence-electron chi connectivity index (χ4n) is 2.24. The van der Waals surface area contributed by atoms with Crippen LogP contribution in [0.4, 0.5) is 0 Å². The minimum absolute atomic E-state index is 0.0134. The van der Waals surface area contributed by atoms with Gasteiger partial charge in [0.05, 0.1) is 11.5 Å². The van der Waals surface area contributed by atoms with E-state index in [2.05, 4.69) is 0 Å². The van der Waals surface area contributed by atoms with Gasteiger partial charge in [-0.2, -0.15) is 4.31 Å². The highest BCUT2D eigenvalue weighted by molar-refractivity contribution is 7.91. The molecule has 1 unspecified atom stereocenters. The fourth-order valence-corrected chi connectivity index (χ4v) is 5.40. The molecule has 0 saturated heterocycles. The third-order valence-corrected chi connectivity index (χ3v) is 7.58. The summed E-state index contributed by atoms with van der Waals surface area (Å²) in [6, 6.07) is 3.23. The van der Waals surface area contributed by atoms with E-state index in [4.69, 9.17) is 22.7 Å². The van der Waals surface area contributed by atoms with Crippen molar-refractivity contribution in [3.63, 3.8) is 0 Å². The second-order valence-corrected chi connectivity index (χ2v) is 8.81. The summed E-state index contributed by atoms with van der Waals surface area (Å²) in [5.74, 6) is 0.451. The Kier molecular flexibility index (Phi) is 5.37. The van der Waals surface area contributed by atoms with Gasteiger partial charge in [-0.1, -0.05) is 12.2 Å². The van der Waals surface area contributed by atoms with Gasteiger partial charge in [0.2, 0.25) is 0 Å². The lowest BCUT2D eigenvalue weighted by Crippen LogP contribution is -2.41. The lowest BCUT2D eigenvalue weighted by molar-refractivity contribution is 0.164. The molecule has 2 rings (SSSR count). The van der Waals surface area contributed by atoms with Crippen LogP contribution in [0, 0.1) is 5.92 Å². The van der Waals surface area contributed by atoms with Crippen molar-refractivity contribution in [2.45, 2.75) is 30.0 Å². The van der Waals surface area contributed by atoms with Crippen LogP contribution >= 0.6 is 23.6 Å². The van der Waals surface area contributed by atoms with E-state index in [-0.39, 0.29) is 15.2 Å². The van der Waals surface area contributed by atoms with Crippen molar-refractivity contribution in [2.24, 2.45) is 11.7 Å². The van der Waals surface area contributed by atoms with Crippen molar-refractivity contribution in [2.75, 3.05) is 20.3 Å². The van der Waals surface area contributed by atoms with Gasteiger partial charge in [-0.15, -0.1) is 11.3 Å². The maximum absolute atomic E-state index is 12.8. The van der Waals surface area contributed by atoms with Gasteiger partial charge < -0.3 is 10.5 Å². The lowest BCUT2D eigenvalue weighted by atomic mass is 10.2. The monoisotopic (exact) mass is 348 g/mol. The van der Waals surface area contributed by atoms with E-state index in [1.807, 2.05) is 6.92 Å². The summed E-state index contributed by atoms with van der Waals surface area (Å²) in [4.78, 5) is 0.842. The van der Waals surface area contributed by atoms with Crippen molar-refractivity contribution in [1.82, 2.24) is 4.31 Å². The Morgan fingerprint density at radius 3 is 2.71 bits per heavy atom. The molecule has 0 radical (unpaired) electrons. The van der Waals surface area contributed by atoms with Gasteiger partial charge in [-0.3, -0.25) is 0 Å². The molecule has 0 aromatic carbocycles. The predicted molar refractivity (Wildman–Crippen MR) is 88.2 cm³/mol. The van der Waals surface area contributed by atoms with Gasteiger partial charge in [0.1, 0.15) is 9.20 Å². The molecule has 118 valence electrons. The van der Waals surface area contributed by atoms with Crippen LogP contribution in [-0.4, -0.2) is 44.0 Å². The Morgan fingerprint density at radius 2 is 2.24 bits per heavy atom. The Morgan fingerprint density at radius 1 is 1.57 bits per heavy atom. The Labute approximate surface area is 135 Å². The first-order chi connectivity index (χ1) is 9.87. The molecule has 1 saturated carbocycles. The number of methoxy groups -OCH3 is 1. The number of thiocarbonyl (C=S) groups is 1. The van der Waals surface area contributed by atoms with Crippen molar-refractivity contribution >= 4 is 38.6 Å². The maximum Gasteiger partial charge on any atom is 0.252 e. The van der Waals surface area contributed by atoms with Gasteiger partial charge in [0.15, 0.2) is 0 Å². The number of ether oxygens (including phenoxy) is 1. The van der Waals surface area contributed by atoms with Crippen LogP contribution in [0.2, 0.25) is 0 Å². The highest BCUT2D eigenvalue weighted by atomic mass is 32.2. The number of nitrogens with two attached hydrogens (primary N) is 1. The van der Waals surface area contributed by atoms with E-state index in [9.17, 15) is 8.42 Å². The quantitative estimate of drug-likeness (QED) is 0.726. The molecular formula is C13H20N2O3S3. The number of sulfonamides is 1. The third-order valence-electron chi connectivity index (χ3n) is 3.66. The fraction of sp³-hybridized carbons (Fsp3) is 0.615. The minimum atomic E-state index is -3.53. The average molecular weight is 349 g/mol. The molecule has 1 fully saturated rings. The standard InChI is InChI=1S/C13H20N2O3S3/c1-9(10-3-4-10)15(7-8-18-2)21(16,17)12-6-5-11(20-12)13(14)19/h5-6,9-10H,3-4,7-8H2,1-2H3,(H2,14,19). The van der Waals surface area contributed by atoms with E-state index in [1.54, 1.807) is 23.5 Å². The van der Waals surface area contributed by atoms with Crippen LogP contribution in [0.3, 0.4) is 0 Å². The summed E-state index contributed by atoms with van der Waals surface area (Å²) < 4.78 is 32.6. The first-order valence-electron chi connectivity index (χ1n) is 6.78. The zero-order chi connectivity index (χ0) is 15.6. The van der Waals surface area contributed by atoms with Crippen LogP contribution < -0.4 is 5.73 Å². The molecule has 0 bridgehead atoms. The number of rotatable bonds is 8. The molecule has 1 aliphatic carbocycles. The van der Waals surface area contributed by atoms with Crippen LogP contribution in [0.15, 0.2) is 16.3 Å². The second kappa shape index (κ2) is 6.70. The summed E-state index contributed by atoms with van der Waals surface area (Å²) in [7, 11) is -1.96. The summed E-state index contributed by atoms with van der Waals surface area (Å²) in [6.45, 7) is 2.70. The summed E-state index contributed by atoms with van der Waals surface area (Å²) in [5.41, 5.74) is 5.56. The average Bonchev–Trinajstić information content (AvgIpc) is 3.14. The summed E-state index contributed by atoms with van der Waals surface area (Å²) in [5, 5.41) is 0. The molecule has 2 N–H and O–H groups in total. The molecule has 5 nitrogen and oxygen atoms in total. The molecule has 1 aromatic rings. The molecule has 21 heavy (non-hydrogen) atoms. The van der Waals surface area contributed by atoms with Gasteiger partial charge in [0.25, 0.3) is 10.0 Å². The SMILES string of the molecule is COCCN(C(C)C1CC1)S(=O)(=O)c1ccc(C(N)=S)s1. The molecule has 8 heteroatoms. The minimum Gasteiger partial charge on any atom is -0.389 e. The van der Waals surface area contributed by atoms with Crippen LogP contribution in [0.1, 0.15) is 24.6 Å². The van der Waals surface area contributed by atoms with Crippen LogP contribution in [-0.2, 0) is 14.8 Å². The van der Waals surface area contributed by atoms with E-state index in [0.717, 1.165) is 24.2 Å². The van der Waals surface area contributed by atoms with Crippen molar-refractivity contribution in [1.29, 1.82) is 0 Å². The number of thiophene rings is 1. The zero-order valence-electron chi connectivity index (χ0n) is 12.1. The largest absolute Gasteiger partial charge is 0.389 e. The topological polar surface area (TPSA) is 72.6 Å². The van der Waals surface area contributed by atoms with E-state index in [0.29, 0.717) is 23.9 Å². The van der Waals surface area contributed by atoms with Gasteiger partial charge >= 0.3 is 0 Å². The predicted octanol–water partition coefficient (Wildman–Crippen LogP) is 1.82. The smallest absolute Gasteiger partial charge is 0.252 e. The summed E-state index contributed by atoms with van der Waals surface area (Å²) >= 11 is 6.02. The molecule has 1 aromatic heterocycles. The number of hydrogen-bond donors (Lipinski definition) is 1. The molecule has 0 aliphatic heterocycles. The lowest BCUT2D eigenvalue weighted by Gasteiger charge is -2.27. The van der Waals surface area contributed by atoms with Gasteiger partial charge in [-0.25, -0.2) is 8.42 Å². The summed E-state index contributed by atoms with van der Waals surface area (Å²) in [6.07, 6.45) is 2.17. The first-order valence-corrected chi connectivity index (χ1v) is 9.45.